The minimum Gasteiger partial charge on any atom is -0.378 e. The zero-order valence-electron chi connectivity index (χ0n) is 15.1. The Labute approximate surface area is 153 Å². The maximum absolute atomic E-state index is 5.42. The lowest BCUT2D eigenvalue weighted by Gasteiger charge is -2.34. The molecule has 0 aromatic carbocycles. The summed E-state index contributed by atoms with van der Waals surface area (Å²) in [5.41, 5.74) is 0.996. The molecule has 0 spiro atoms. The fourth-order valence-electron chi connectivity index (χ4n) is 3.52. The van der Waals surface area contributed by atoms with Crippen LogP contribution in [0.5, 0.6) is 0 Å². The molecule has 0 radical (unpaired) electrons. The van der Waals surface area contributed by atoms with Crippen LogP contribution in [0.3, 0.4) is 0 Å². The van der Waals surface area contributed by atoms with Crippen LogP contribution in [0.25, 0.3) is 0 Å². The highest BCUT2D eigenvalue weighted by Gasteiger charge is 2.22. The topological polar surface area (TPSA) is 79.3 Å². The van der Waals surface area contributed by atoms with Crippen molar-refractivity contribution in [3.63, 3.8) is 0 Å². The molecule has 0 saturated carbocycles. The SMILES string of the molecule is Cc1cc(N2CCC[C@@H](Nc3cc(N4CCOCC4)ncn3)C2)ncn1. The molecule has 1 N–H and O–H groups in total. The monoisotopic (exact) mass is 355 g/mol. The quantitative estimate of drug-likeness (QED) is 0.884. The molecule has 8 nitrogen and oxygen atoms in total. The van der Waals surface area contributed by atoms with Crippen molar-refractivity contribution in [3.8, 4) is 0 Å². The van der Waals surface area contributed by atoms with Gasteiger partial charge in [0.1, 0.15) is 30.1 Å². The average molecular weight is 355 g/mol. The van der Waals surface area contributed by atoms with E-state index < -0.39 is 0 Å². The number of hydrogen-bond donors (Lipinski definition) is 1. The summed E-state index contributed by atoms with van der Waals surface area (Å²) in [5, 5.41) is 3.58. The first-order valence-electron chi connectivity index (χ1n) is 9.23. The molecule has 2 aromatic heterocycles. The van der Waals surface area contributed by atoms with E-state index in [2.05, 4.69) is 35.1 Å². The summed E-state index contributed by atoms with van der Waals surface area (Å²) in [7, 11) is 0. The van der Waals surface area contributed by atoms with Gasteiger partial charge in [0.15, 0.2) is 0 Å². The summed E-state index contributed by atoms with van der Waals surface area (Å²) >= 11 is 0. The molecular formula is C18H25N7O. The number of rotatable bonds is 4. The lowest BCUT2D eigenvalue weighted by molar-refractivity contribution is 0.122. The molecule has 2 saturated heterocycles. The molecular weight excluding hydrogens is 330 g/mol. The summed E-state index contributed by atoms with van der Waals surface area (Å²) in [6.07, 6.45) is 5.53. The molecule has 2 aliphatic heterocycles. The van der Waals surface area contributed by atoms with E-state index in [1.165, 1.54) is 0 Å². The van der Waals surface area contributed by atoms with E-state index in [4.69, 9.17) is 4.74 Å². The zero-order valence-corrected chi connectivity index (χ0v) is 15.1. The Morgan fingerprint density at radius 3 is 2.54 bits per heavy atom. The Balaban J connectivity index is 1.42. The van der Waals surface area contributed by atoms with Gasteiger partial charge in [-0.25, -0.2) is 19.9 Å². The maximum Gasteiger partial charge on any atom is 0.134 e. The largest absolute Gasteiger partial charge is 0.378 e. The van der Waals surface area contributed by atoms with Crippen molar-refractivity contribution < 1.29 is 4.74 Å². The molecule has 0 unspecified atom stereocenters. The highest BCUT2D eigenvalue weighted by molar-refractivity contribution is 5.50. The normalized spacial score (nSPS) is 20.9. The number of aromatic nitrogens is 4. The molecule has 138 valence electrons. The summed E-state index contributed by atoms with van der Waals surface area (Å²) < 4.78 is 5.42. The van der Waals surface area contributed by atoms with E-state index in [9.17, 15) is 0 Å². The van der Waals surface area contributed by atoms with Crippen LogP contribution >= 0.6 is 0 Å². The molecule has 2 aliphatic rings. The molecule has 26 heavy (non-hydrogen) atoms. The third-order valence-corrected chi connectivity index (χ3v) is 4.87. The standard InChI is InChI=1S/C18H25N7O/c1-14-9-17(21-12-19-14)25-4-2-3-15(11-25)23-16-10-18(22-13-20-16)24-5-7-26-8-6-24/h9-10,12-13,15H,2-8,11H2,1H3,(H,20,22,23)/t15-/m1/s1. The minimum atomic E-state index is 0.339. The third-order valence-electron chi connectivity index (χ3n) is 4.87. The fraction of sp³-hybridized carbons (Fsp3) is 0.556. The number of ether oxygens (including phenoxy) is 1. The second kappa shape index (κ2) is 7.82. The zero-order chi connectivity index (χ0) is 17.8. The first-order chi connectivity index (χ1) is 12.8. The van der Waals surface area contributed by atoms with Crippen molar-refractivity contribution in [2.75, 3.05) is 54.5 Å². The van der Waals surface area contributed by atoms with E-state index >= 15 is 0 Å². The predicted molar refractivity (Wildman–Crippen MR) is 101 cm³/mol. The van der Waals surface area contributed by atoms with Crippen LogP contribution in [-0.2, 0) is 4.74 Å². The Hall–Kier alpha value is -2.48. The van der Waals surface area contributed by atoms with Crippen LogP contribution in [0.15, 0.2) is 24.8 Å². The van der Waals surface area contributed by atoms with Crippen molar-refractivity contribution in [1.82, 2.24) is 19.9 Å². The van der Waals surface area contributed by atoms with Crippen molar-refractivity contribution in [3.05, 3.63) is 30.5 Å². The van der Waals surface area contributed by atoms with E-state index in [-0.39, 0.29) is 0 Å². The lowest BCUT2D eigenvalue weighted by atomic mass is 10.1. The molecule has 8 heteroatoms. The van der Waals surface area contributed by atoms with Crippen LogP contribution < -0.4 is 15.1 Å². The lowest BCUT2D eigenvalue weighted by Crippen LogP contribution is -2.42. The van der Waals surface area contributed by atoms with Crippen molar-refractivity contribution in [1.29, 1.82) is 0 Å². The van der Waals surface area contributed by atoms with Gasteiger partial charge in [-0.05, 0) is 19.8 Å². The van der Waals surface area contributed by atoms with Gasteiger partial charge in [0.25, 0.3) is 0 Å². The second-order valence-corrected chi connectivity index (χ2v) is 6.81. The number of nitrogens with one attached hydrogen (secondary N) is 1. The Morgan fingerprint density at radius 2 is 1.73 bits per heavy atom. The molecule has 0 amide bonds. The maximum atomic E-state index is 5.42. The molecule has 0 bridgehead atoms. The van der Waals surface area contributed by atoms with Crippen LogP contribution in [0.4, 0.5) is 17.5 Å². The number of nitrogens with zero attached hydrogens (tertiary/aromatic N) is 6. The van der Waals surface area contributed by atoms with Gasteiger partial charge >= 0.3 is 0 Å². The molecule has 2 fully saturated rings. The van der Waals surface area contributed by atoms with Gasteiger partial charge in [0, 0.05) is 50.0 Å². The number of morpholine rings is 1. The Morgan fingerprint density at radius 1 is 0.962 bits per heavy atom. The number of aryl methyl sites for hydroxylation is 1. The van der Waals surface area contributed by atoms with Gasteiger partial charge in [-0.3, -0.25) is 0 Å². The first-order valence-corrected chi connectivity index (χ1v) is 9.23. The summed E-state index contributed by atoms with van der Waals surface area (Å²) in [4.78, 5) is 22.0. The number of anilines is 3. The van der Waals surface area contributed by atoms with Gasteiger partial charge < -0.3 is 19.9 Å². The number of hydrogen-bond acceptors (Lipinski definition) is 8. The summed E-state index contributed by atoms with van der Waals surface area (Å²) in [5.74, 6) is 2.85. The fourth-order valence-corrected chi connectivity index (χ4v) is 3.52. The molecule has 4 rings (SSSR count). The average Bonchev–Trinajstić information content (AvgIpc) is 2.69. The smallest absolute Gasteiger partial charge is 0.134 e. The van der Waals surface area contributed by atoms with Crippen molar-refractivity contribution >= 4 is 17.5 Å². The van der Waals surface area contributed by atoms with Crippen molar-refractivity contribution in [2.45, 2.75) is 25.8 Å². The van der Waals surface area contributed by atoms with E-state index in [0.717, 1.165) is 75.4 Å². The molecule has 1 atom stereocenters. The molecule has 0 aliphatic carbocycles. The van der Waals surface area contributed by atoms with Crippen LogP contribution in [0, 0.1) is 6.92 Å². The van der Waals surface area contributed by atoms with Crippen LogP contribution in [0.1, 0.15) is 18.5 Å². The Bertz CT molecular complexity index is 735. The van der Waals surface area contributed by atoms with Gasteiger partial charge in [-0.1, -0.05) is 0 Å². The van der Waals surface area contributed by atoms with E-state index in [1.807, 2.05) is 19.1 Å². The third kappa shape index (κ3) is 4.01. The molecule has 2 aromatic rings. The van der Waals surface area contributed by atoms with Gasteiger partial charge in [0.2, 0.25) is 0 Å². The second-order valence-electron chi connectivity index (χ2n) is 6.81. The predicted octanol–water partition coefficient (Wildman–Crippen LogP) is 1.49. The van der Waals surface area contributed by atoms with Crippen molar-refractivity contribution in [2.24, 2.45) is 0 Å². The highest BCUT2D eigenvalue weighted by atomic mass is 16.5. The highest BCUT2D eigenvalue weighted by Crippen LogP contribution is 2.21. The van der Waals surface area contributed by atoms with E-state index in [0.29, 0.717) is 6.04 Å². The van der Waals surface area contributed by atoms with Crippen LogP contribution in [0.2, 0.25) is 0 Å². The van der Waals surface area contributed by atoms with E-state index in [1.54, 1.807) is 12.7 Å². The van der Waals surface area contributed by atoms with Gasteiger partial charge in [-0.15, -0.1) is 0 Å². The summed E-state index contributed by atoms with van der Waals surface area (Å²) in [6, 6.07) is 4.43. The summed E-state index contributed by atoms with van der Waals surface area (Å²) in [6.45, 7) is 7.19. The first kappa shape index (κ1) is 17.0. The molecule has 4 heterocycles. The van der Waals surface area contributed by atoms with Crippen LogP contribution in [-0.4, -0.2) is 65.4 Å². The van der Waals surface area contributed by atoms with Gasteiger partial charge in [-0.2, -0.15) is 0 Å². The van der Waals surface area contributed by atoms with Gasteiger partial charge in [0.05, 0.1) is 13.2 Å². The minimum absolute atomic E-state index is 0.339. The number of piperidine rings is 1. The Kier molecular flexibility index (Phi) is 5.10.